The van der Waals surface area contributed by atoms with E-state index in [1.807, 2.05) is 29.3 Å². The molecule has 4 heteroatoms. The molecule has 3 nitrogen and oxygen atoms in total. The van der Waals surface area contributed by atoms with Crippen molar-refractivity contribution in [3.8, 4) is 5.75 Å². The smallest absolute Gasteiger partial charge is 0.258 e. The Hall–Kier alpha value is -1.81. The minimum absolute atomic E-state index is 0.0730. The predicted octanol–water partition coefficient (Wildman–Crippen LogP) is 3.57. The van der Waals surface area contributed by atoms with Crippen molar-refractivity contribution < 1.29 is 9.90 Å². The number of phenols is 1. The first kappa shape index (κ1) is 13.2. The van der Waals surface area contributed by atoms with Crippen LogP contribution in [0.4, 0.5) is 0 Å². The molecular weight excluding hydrogens is 270 g/mol. The summed E-state index contributed by atoms with van der Waals surface area (Å²) in [5, 5.41) is 14.1. The van der Waals surface area contributed by atoms with Crippen LogP contribution in [0.25, 0.3) is 0 Å². The molecule has 0 aliphatic heterocycles. The van der Waals surface area contributed by atoms with Crippen LogP contribution in [0.3, 0.4) is 0 Å². The molecule has 104 valence electrons. The number of thiophene rings is 1. The van der Waals surface area contributed by atoms with Crippen LogP contribution in [0.15, 0.2) is 35.0 Å². The predicted molar refractivity (Wildman–Crippen MR) is 80.1 cm³/mol. The van der Waals surface area contributed by atoms with Gasteiger partial charge in [0.15, 0.2) is 0 Å². The molecular formula is C16H17NO2S. The number of hydrogen-bond acceptors (Lipinski definition) is 3. The van der Waals surface area contributed by atoms with Gasteiger partial charge in [-0.25, -0.2) is 0 Å². The normalized spacial score (nSPS) is 14.2. The van der Waals surface area contributed by atoms with Gasteiger partial charge in [-0.15, -0.1) is 0 Å². The zero-order chi connectivity index (χ0) is 14.1. The Morgan fingerprint density at radius 1 is 1.40 bits per heavy atom. The van der Waals surface area contributed by atoms with Gasteiger partial charge in [0, 0.05) is 12.6 Å². The quantitative estimate of drug-likeness (QED) is 0.934. The third kappa shape index (κ3) is 2.70. The van der Waals surface area contributed by atoms with Gasteiger partial charge in [-0.1, -0.05) is 6.07 Å². The summed E-state index contributed by atoms with van der Waals surface area (Å²) in [4.78, 5) is 14.5. The van der Waals surface area contributed by atoms with E-state index in [1.54, 1.807) is 23.5 Å². The largest absolute Gasteiger partial charge is 0.507 e. The van der Waals surface area contributed by atoms with Crippen LogP contribution < -0.4 is 0 Å². The lowest BCUT2D eigenvalue weighted by Crippen LogP contribution is -2.32. The second kappa shape index (κ2) is 5.29. The topological polar surface area (TPSA) is 40.5 Å². The Bertz CT molecular complexity index is 617. The average Bonchev–Trinajstić information content (AvgIpc) is 3.12. The van der Waals surface area contributed by atoms with E-state index in [2.05, 4.69) is 5.38 Å². The summed E-state index contributed by atoms with van der Waals surface area (Å²) in [7, 11) is 0. The highest BCUT2D eigenvalue weighted by Gasteiger charge is 2.33. The minimum atomic E-state index is -0.0730. The zero-order valence-electron chi connectivity index (χ0n) is 11.4. The number of aryl methyl sites for hydroxylation is 1. The van der Waals surface area contributed by atoms with E-state index in [0.717, 1.165) is 24.0 Å². The Balaban J connectivity index is 1.85. The molecule has 0 bridgehead atoms. The Morgan fingerprint density at radius 2 is 2.20 bits per heavy atom. The first-order valence-electron chi connectivity index (χ1n) is 6.77. The first-order chi connectivity index (χ1) is 9.65. The van der Waals surface area contributed by atoms with Gasteiger partial charge in [-0.3, -0.25) is 4.79 Å². The lowest BCUT2D eigenvalue weighted by Gasteiger charge is -2.22. The second-order valence-corrected chi connectivity index (χ2v) is 6.10. The molecule has 0 atom stereocenters. The molecule has 0 saturated heterocycles. The Morgan fingerprint density at radius 3 is 2.80 bits per heavy atom. The fourth-order valence-corrected chi connectivity index (χ4v) is 2.97. The maximum atomic E-state index is 12.7. The van der Waals surface area contributed by atoms with E-state index in [0.29, 0.717) is 18.2 Å². The fraction of sp³-hybridized carbons (Fsp3) is 0.312. The summed E-state index contributed by atoms with van der Waals surface area (Å²) in [5.41, 5.74) is 2.51. The van der Waals surface area contributed by atoms with Gasteiger partial charge in [-0.2, -0.15) is 11.3 Å². The van der Waals surface area contributed by atoms with Crippen molar-refractivity contribution in [3.05, 3.63) is 51.7 Å². The lowest BCUT2D eigenvalue weighted by atomic mass is 10.1. The molecule has 1 aliphatic carbocycles. The van der Waals surface area contributed by atoms with Crippen molar-refractivity contribution in [2.45, 2.75) is 32.4 Å². The van der Waals surface area contributed by atoms with Crippen LogP contribution in [0, 0.1) is 6.92 Å². The van der Waals surface area contributed by atoms with E-state index < -0.39 is 0 Å². The van der Waals surface area contributed by atoms with Crippen LogP contribution in [0.1, 0.15) is 34.3 Å². The zero-order valence-corrected chi connectivity index (χ0v) is 12.2. The van der Waals surface area contributed by atoms with Crippen LogP contribution in [0.5, 0.6) is 5.75 Å². The molecule has 0 spiro atoms. The van der Waals surface area contributed by atoms with E-state index in [1.165, 1.54) is 0 Å². The first-order valence-corrected chi connectivity index (χ1v) is 7.71. The molecule has 2 aromatic rings. The summed E-state index contributed by atoms with van der Waals surface area (Å²) in [6.07, 6.45) is 2.12. The molecule has 1 aromatic heterocycles. The van der Waals surface area contributed by atoms with E-state index in [4.69, 9.17) is 0 Å². The minimum Gasteiger partial charge on any atom is -0.507 e. The molecule has 1 aliphatic rings. The number of nitrogens with zero attached hydrogens (tertiary/aromatic N) is 1. The molecule has 0 radical (unpaired) electrons. The highest BCUT2D eigenvalue weighted by Crippen LogP contribution is 2.32. The third-order valence-corrected chi connectivity index (χ3v) is 4.30. The van der Waals surface area contributed by atoms with Gasteiger partial charge in [-0.05, 0) is 59.9 Å². The number of benzene rings is 1. The molecule has 1 N–H and O–H groups in total. The maximum Gasteiger partial charge on any atom is 0.258 e. The molecule has 20 heavy (non-hydrogen) atoms. The molecule has 1 fully saturated rings. The molecule has 1 amide bonds. The molecule has 1 aromatic carbocycles. The number of hydrogen-bond donors (Lipinski definition) is 1. The number of amides is 1. The summed E-state index contributed by atoms with van der Waals surface area (Å²) in [6.45, 7) is 2.53. The highest BCUT2D eigenvalue weighted by molar-refractivity contribution is 7.07. The number of phenolic OH excluding ortho intramolecular Hbond substituents is 1. The third-order valence-electron chi connectivity index (χ3n) is 3.57. The van der Waals surface area contributed by atoms with Crippen molar-refractivity contribution in [2.75, 3.05) is 0 Å². The van der Waals surface area contributed by atoms with E-state index in [9.17, 15) is 9.90 Å². The van der Waals surface area contributed by atoms with Crippen molar-refractivity contribution in [1.82, 2.24) is 4.90 Å². The van der Waals surface area contributed by atoms with Gasteiger partial charge >= 0.3 is 0 Å². The summed E-state index contributed by atoms with van der Waals surface area (Å²) in [6, 6.07) is 7.59. The van der Waals surface area contributed by atoms with E-state index >= 15 is 0 Å². The average molecular weight is 287 g/mol. The number of carbonyl (C=O) groups is 1. The fourth-order valence-electron chi connectivity index (χ4n) is 2.31. The van der Waals surface area contributed by atoms with Crippen molar-refractivity contribution in [1.29, 1.82) is 0 Å². The summed E-state index contributed by atoms with van der Waals surface area (Å²) in [5.74, 6) is 0.00201. The highest BCUT2D eigenvalue weighted by atomic mass is 32.1. The molecule has 1 heterocycles. The van der Waals surface area contributed by atoms with Crippen molar-refractivity contribution >= 4 is 17.2 Å². The van der Waals surface area contributed by atoms with Crippen molar-refractivity contribution in [2.24, 2.45) is 0 Å². The van der Waals surface area contributed by atoms with Gasteiger partial charge in [0.2, 0.25) is 0 Å². The van der Waals surface area contributed by atoms with Crippen LogP contribution in [-0.2, 0) is 6.54 Å². The number of rotatable bonds is 4. The van der Waals surface area contributed by atoms with Gasteiger partial charge in [0.1, 0.15) is 5.75 Å². The second-order valence-electron chi connectivity index (χ2n) is 5.32. The van der Waals surface area contributed by atoms with Gasteiger partial charge < -0.3 is 10.0 Å². The standard InChI is InChI=1S/C16H17NO2S/c1-11-2-5-14(15(18)8-11)16(19)17(13-3-4-13)9-12-6-7-20-10-12/h2,5-8,10,13,18H,3-4,9H2,1H3. The monoisotopic (exact) mass is 287 g/mol. The van der Waals surface area contributed by atoms with Gasteiger partial charge in [0.05, 0.1) is 5.56 Å². The Labute approximate surface area is 122 Å². The molecule has 3 rings (SSSR count). The Kier molecular flexibility index (Phi) is 3.49. The maximum absolute atomic E-state index is 12.7. The van der Waals surface area contributed by atoms with Crippen LogP contribution in [0.2, 0.25) is 0 Å². The van der Waals surface area contributed by atoms with Crippen molar-refractivity contribution in [3.63, 3.8) is 0 Å². The van der Waals surface area contributed by atoms with Gasteiger partial charge in [0.25, 0.3) is 5.91 Å². The lowest BCUT2D eigenvalue weighted by molar-refractivity contribution is 0.0727. The number of aromatic hydroxyl groups is 1. The summed E-state index contributed by atoms with van der Waals surface area (Å²) >= 11 is 1.64. The van der Waals surface area contributed by atoms with Crippen LogP contribution >= 0.6 is 11.3 Å². The number of carbonyl (C=O) groups excluding carboxylic acids is 1. The van der Waals surface area contributed by atoms with Crippen LogP contribution in [-0.4, -0.2) is 22.0 Å². The summed E-state index contributed by atoms with van der Waals surface area (Å²) < 4.78 is 0. The van der Waals surface area contributed by atoms with E-state index in [-0.39, 0.29) is 11.7 Å². The molecule has 1 saturated carbocycles. The SMILES string of the molecule is Cc1ccc(C(=O)N(Cc2ccsc2)C2CC2)c(O)c1. The molecule has 0 unspecified atom stereocenters.